The van der Waals surface area contributed by atoms with E-state index in [0.29, 0.717) is 19.1 Å². The van der Waals surface area contributed by atoms with E-state index in [1.807, 2.05) is 62.5 Å². The van der Waals surface area contributed by atoms with Crippen molar-refractivity contribution < 1.29 is 14.3 Å². The van der Waals surface area contributed by atoms with Gasteiger partial charge in [-0.2, -0.15) is 0 Å². The van der Waals surface area contributed by atoms with Gasteiger partial charge in [-0.1, -0.05) is 6.07 Å². The molecule has 1 saturated heterocycles. The summed E-state index contributed by atoms with van der Waals surface area (Å²) in [4.78, 5) is 23.2. The minimum absolute atomic E-state index is 0.223. The average molecular weight is 473 g/mol. The maximum atomic E-state index is 12.4. The van der Waals surface area contributed by atoms with E-state index in [4.69, 9.17) is 9.47 Å². The van der Waals surface area contributed by atoms with Crippen LogP contribution in [0.15, 0.2) is 48.9 Å². The third-order valence-electron chi connectivity index (χ3n) is 6.52. The van der Waals surface area contributed by atoms with Crippen molar-refractivity contribution in [2.75, 3.05) is 18.4 Å². The molecule has 2 aliphatic heterocycles. The summed E-state index contributed by atoms with van der Waals surface area (Å²) in [6, 6.07) is 10.3. The molecule has 0 saturated carbocycles. The van der Waals surface area contributed by atoms with E-state index in [1.165, 1.54) is 5.56 Å². The number of benzene rings is 1. The molecule has 0 bridgehead atoms. The summed E-state index contributed by atoms with van der Waals surface area (Å²) in [6.45, 7) is 9.67. The maximum absolute atomic E-state index is 12.4. The van der Waals surface area contributed by atoms with Crippen LogP contribution in [0.2, 0.25) is 0 Å². The number of rotatable bonds is 3. The largest absolute Gasteiger partial charge is 0.487 e. The smallest absolute Gasteiger partial charge is 0.410 e. The number of anilines is 2. The average Bonchev–Trinajstić information content (AvgIpc) is 3.19. The standard InChI is InChI=1S/C28H32N4O3/c1-18-7-10-29-15-22(18)21-8-11-30-26-23(21)17-34-25-6-5-19(14-24(25)31-26)13-20-9-12-32(16-20)27(33)35-28(2,3)4/h5-8,10-11,14-15,20H,9,12-13,16-17H2,1-4H3,(H,30,31). The van der Waals surface area contributed by atoms with Gasteiger partial charge >= 0.3 is 6.09 Å². The zero-order valence-corrected chi connectivity index (χ0v) is 20.8. The number of aromatic nitrogens is 2. The van der Waals surface area contributed by atoms with E-state index < -0.39 is 5.60 Å². The van der Waals surface area contributed by atoms with Crippen molar-refractivity contribution in [3.05, 3.63) is 65.6 Å². The summed E-state index contributed by atoms with van der Waals surface area (Å²) in [5.41, 5.74) is 5.99. The van der Waals surface area contributed by atoms with Gasteiger partial charge in [0.05, 0.1) is 5.69 Å². The molecule has 0 spiro atoms. The van der Waals surface area contributed by atoms with E-state index >= 15 is 0 Å². The second-order valence-electron chi connectivity index (χ2n) is 10.4. The zero-order chi connectivity index (χ0) is 24.6. The number of hydrogen-bond acceptors (Lipinski definition) is 6. The normalized spacial score (nSPS) is 17.0. The molecule has 1 aromatic carbocycles. The van der Waals surface area contributed by atoms with Crippen molar-refractivity contribution in [2.24, 2.45) is 5.92 Å². The van der Waals surface area contributed by atoms with E-state index in [9.17, 15) is 4.79 Å². The molecule has 182 valence electrons. The van der Waals surface area contributed by atoms with Crippen LogP contribution in [0.1, 0.15) is 43.9 Å². The molecule has 1 unspecified atom stereocenters. The van der Waals surface area contributed by atoms with Gasteiger partial charge in [-0.05, 0) is 87.4 Å². The molecule has 0 aliphatic carbocycles. The summed E-state index contributed by atoms with van der Waals surface area (Å²) in [5.74, 6) is 2.01. The van der Waals surface area contributed by atoms with Gasteiger partial charge in [0.15, 0.2) is 0 Å². The first-order chi connectivity index (χ1) is 16.8. The fourth-order valence-electron chi connectivity index (χ4n) is 4.77. The topological polar surface area (TPSA) is 76.6 Å². The van der Waals surface area contributed by atoms with Crippen LogP contribution < -0.4 is 10.1 Å². The number of fused-ring (bicyclic) bond motifs is 2. The number of nitrogens with one attached hydrogen (secondary N) is 1. The second-order valence-corrected chi connectivity index (χ2v) is 10.4. The molecule has 1 fully saturated rings. The van der Waals surface area contributed by atoms with Crippen LogP contribution in [-0.2, 0) is 17.8 Å². The number of carbonyl (C=O) groups excluding carboxylic acids is 1. The van der Waals surface area contributed by atoms with Crippen LogP contribution in [-0.4, -0.2) is 39.7 Å². The molecule has 35 heavy (non-hydrogen) atoms. The minimum atomic E-state index is -0.474. The Bertz CT molecular complexity index is 1250. The lowest BCUT2D eigenvalue weighted by Crippen LogP contribution is -2.35. The third-order valence-corrected chi connectivity index (χ3v) is 6.52. The fourth-order valence-corrected chi connectivity index (χ4v) is 4.77. The number of hydrogen-bond donors (Lipinski definition) is 1. The first kappa shape index (κ1) is 23.1. The highest BCUT2D eigenvalue weighted by Gasteiger charge is 2.30. The molecular formula is C28H32N4O3. The van der Waals surface area contributed by atoms with Crippen LogP contribution in [0, 0.1) is 12.8 Å². The SMILES string of the molecule is Cc1ccncc1-c1ccnc2c1COc1ccc(CC3CCN(C(=O)OC(C)(C)C)C3)cc1N2. The number of amides is 1. The monoisotopic (exact) mass is 472 g/mol. The lowest BCUT2D eigenvalue weighted by atomic mass is 9.98. The zero-order valence-electron chi connectivity index (χ0n) is 20.8. The minimum Gasteiger partial charge on any atom is -0.487 e. The first-order valence-electron chi connectivity index (χ1n) is 12.2. The highest BCUT2D eigenvalue weighted by molar-refractivity contribution is 5.78. The molecule has 7 heteroatoms. The Hall–Kier alpha value is -3.61. The second kappa shape index (κ2) is 9.21. The number of pyridine rings is 2. The van der Waals surface area contributed by atoms with Gasteiger partial charge in [0.1, 0.15) is 23.8 Å². The molecule has 3 aromatic rings. The van der Waals surface area contributed by atoms with Crippen LogP contribution in [0.3, 0.4) is 0 Å². The van der Waals surface area contributed by atoms with Crippen molar-refractivity contribution in [3.63, 3.8) is 0 Å². The Morgan fingerprint density at radius 2 is 2.06 bits per heavy atom. The molecule has 5 rings (SSSR count). The van der Waals surface area contributed by atoms with Crippen LogP contribution in [0.5, 0.6) is 5.75 Å². The van der Waals surface area contributed by atoms with Crippen molar-refractivity contribution in [3.8, 4) is 16.9 Å². The number of aryl methyl sites for hydroxylation is 1. The summed E-state index contributed by atoms with van der Waals surface area (Å²) in [6.07, 6.45) is 7.17. The molecule has 2 aromatic heterocycles. The fraction of sp³-hybridized carbons (Fsp3) is 0.393. The Morgan fingerprint density at radius 1 is 1.20 bits per heavy atom. The van der Waals surface area contributed by atoms with Gasteiger partial charge in [0.2, 0.25) is 0 Å². The number of nitrogens with zero attached hydrogens (tertiary/aromatic N) is 3. The predicted molar refractivity (Wildman–Crippen MR) is 136 cm³/mol. The van der Waals surface area contributed by atoms with Crippen molar-refractivity contribution in [1.29, 1.82) is 0 Å². The van der Waals surface area contributed by atoms with Crippen LogP contribution in [0.4, 0.5) is 16.3 Å². The van der Waals surface area contributed by atoms with E-state index in [0.717, 1.165) is 58.9 Å². The summed E-state index contributed by atoms with van der Waals surface area (Å²) >= 11 is 0. The molecule has 7 nitrogen and oxygen atoms in total. The Morgan fingerprint density at radius 3 is 2.86 bits per heavy atom. The molecule has 2 aliphatic rings. The van der Waals surface area contributed by atoms with E-state index in [-0.39, 0.29) is 6.09 Å². The third kappa shape index (κ3) is 5.09. The lowest BCUT2D eigenvalue weighted by Gasteiger charge is -2.24. The van der Waals surface area contributed by atoms with Crippen molar-refractivity contribution in [1.82, 2.24) is 14.9 Å². The number of likely N-dealkylation sites (tertiary alicyclic amines) is 1. The highest BCUT2D eigenvalue weighted by atomic mass is 16.6. The van der Waals surface area contributed by atoms with Gasteiger partial charge in [-0.3, -0.25) is 4.98 Å². The number of carbonyl (C=O) groups is 1. The molecule has 1 amide bonds. The predicted octanol–water partition coefficient (Wildman–Crippen LogP) is 5.89. The van der Waals surface area contributed by atoms with Gasteiger partial charge in [-0.15, -0.1) is 0 Å². The Balaban J connectivity index is 1.32. The Kier molecular flexibility index (Phi) is 6.09. The molecule has 1 atom stereocenters. The van der Waals surface area contributed by atoms with Crippen LogP contribution >= 0.6 is 0 Å². The van der Waals surface area contributed by atoms with E-state index in [2.05, 4.69) is 34.3 Å². The number of ether oxygens (including phenoxy) is 2. The van der Waals surface area contributed by atoms with Crippen LogP contribution in [0.25, 0.3) is 11.1 Å². The van der Waals surface area contributed by atoms with Gasteiger partial charge in [-0.25, -0.2) is 9.78 Å². The summed E-state index contributed by atoms with van der Waals surface area (Å²) in [5, 5.41) is 3.51. The van der Waals surface area contributed by atoms with Gasteiger partial charge in [0.25, 0.3) is 0 Å². The molecular weight excluding hydrogens is 440 g/mol. The molecule has 0 radical (unpaired) electrons. The Labute approximate surface area is 206 Å². The summed E-state index contributed by atoms with van der Waals surface area (Å²) < 4.78 is 11.7. The van der Waals surface area contributed by atoms with Crippen molar-refractivity contribution >= 4 is 17.6 Å². The lowest BCUT2D eigenvalue weighted by molar-refractivity contribution is 0.0288. The first-order valence-corrected chi connectivity index (χ1v) is 12.2. The van der Waals surface area contributed by atoms with E-state index in [1.54, 1.807) is 0 Å². The summed E-state index contributed by atoms with van der Waals surface area (Å²) in [7, 11) is 0. The van der Waals surface area contributed by atoms with Gasteiger partial charge < -0.3 is 19.7 Å². The highest BCUT2D eigenvalue weighted by Crippen LogP contribution is 2.38. The maximum Gasteiger partial charge on any atom is 0.410 e. The molecule has 1 N–H and O–H groups in total. The molecule has 4 heterocycles. The van der Waals surface area contributed by atoms with Gasteiger partial charge in [0, 0.05) is 42.8 Å². The quantitative estimate of drug-likeness (QED) is 0.512. The van der Waals surface area contributed by atoms with Crippen molar-refractivity contribution in [2.45, 2.75) is 52.7 Å².